The maximum absolute atomic E-state index is 11.6. The van der Waals surface area contributed by atoms with Gasteiger partial charge in [-0.15, -0.1) is 0 Å². The minimum Gasteiger partial charge on any atom is -0.492 e. The molecule has 0 radical (unpaired) electrons. The highest BCUT2D eigenvalue weighted by Gasteiger charge is 2.26. The number of anilines is 1. The number of ether oxygens (including phenoxy) is 1. The van der Waals surface area contributed by atoms with Crippen molar-refractivity contribution in [2.24, 2.45) is 0 Å². The molecule has 1 aromatic carbocycles. The monoisotopic (exact) mass is 285 g/mol. The van der Waals surface area contributed by atoms with Crippen molar-refractivity contribution >= 4 is 5.82 Å². The third-order valence-corrected chi connectivity index (χ3v) is 3.39. The Morgan fingerprint density at radius 2 is 2.24 bits per heavy atom. The van der Waals surface area contributed by atoms with Crippen LogP contribution in [0.4, 0.5) is 5.82 Å². The van der Waals surface area contributed by atoms with Crippen LogP contribution in [0.2, 0.25) is 0 Å². The second-order valence-electron chi connectivity index (χ2n) is 5.38. The minimum atomic E-state index is -0.103. The van der Waals surface area contributed by atoms with Crippen LogP contribution < -0.4 is 15.6 Å². The van der Waals surface area contributed by atoms with E-state index in [0.717, 1.165) is 24.4 Å². The van der Waals surface area contributed by atoms with Crippen molar-refractivity contribution in [1.82, 2.24) is 9.97 Å². The van der Waals surface area contributed by atoms with E-state index in [1.54, 1.807) is 0 Å². The molecule has 5 nitrogen and oxygen atoms in total. The first-order valence-corrected chi connectivity index (χ1v) is 7.25. The molecule has 21 heavy (non-hydrogen) atoms. The zero-order valence-electron chi connectivity index (χ0n) is 12.1. The van der Waals surface area contributed by atoms with Gasteiger partial charge in [0.25, 0.3) is 5.56 Å². The Morgan fingerprint density at radius 1 is 1.38 bits per heavy atom. The molecule has 1 fully saturated rings. The first-order valence-electron chi connectivity index (χ1n) is 7.25. The van der Waals surface area contributed by atoms with Crippen molar-refractivity contribution in [3.05, 3.63) is 52.1 Å². The van der Waals surface area contributed by atoms with Crippen molar-refractivity contribution < 1.29 is 4.74 Å². The topological polar surface area (TPSA) is 67.0 Å². The average molecular weight is 285 g/mol. The smallest absolute Gasteiger partial charge is 0.252 e. The van der Waals surface area contributed by atoms with E-state index in [-0.39, 0.29) is 5.56 Å². The first kappa shape index (κ1) is 13.7. The van der Waals surface area contributed by atoms with E-state index in [2.05, 4.69) is 15.3 Å². The summed E-state index contributed by atoms with van der Waals surface area (Å²) in [7, 11) is 0. The van der Waals surface area contributed by atoms with Crippen LogP contribution in [0.1, 0.15) is 30.1 Å². The van der Waals surface area contributed by atoms with Gasteiger partial charge in [-0.05, 0) is 37.5 Å². The third kappa shape index (κ3) is 3.84. The molecule has 0 aliphatic heterocycles. The predicted octanol–water partition coefficient (Wildman–Crippen LogP) is 2.45. The Bertz CT molecular complexity index is 677. The van der Waals surface area contributed by atoms with Crippen LogP contribution in [0.5, 0.6) is 5.75 Å². The van der Waals surface area contributed by atoms with Crippen LogP contribution in [0, 0.1) is 6.92 Å². The number of aryl methyl sites for hydroxylation is 1. The molecule has 3 rings (SSSR count). The zero-order valence-corrected chi connectivity index (χ0v) is 12.1. The lowest BCUT2D eigenvalue weighted by atomic mass is 10.2. The second-order valence-corrected chi connectivity index (χ2v) is 5.38. The largest absolute Gasteiger partial charge is 0.492 e. The fourth-order valence-electron chi connectivity index (χ4n) is 2.17. The number of nitrogens with one attached hydrogen (secondary N) is 2. The maximum atomic E-state index is 11.6. The van der Waals surface area contributed by atoms with Gasteiger partial charge in [0.15, 0.2) is 0 Å². The molecular formula is C16H19N3O2. The normalized spacial score (nSPS) is 14.0. The number of hydrogen-bond donors (Lipinski definition) is 2. The van der Waals surface area contributed by atoms with Gasteiger partial charge in [-0.3, -0.25) is 4.79 Å². The number of aromatic nitrogens is 2. The van der Waals surface area contributed by atoms with Gasteiger partial charge in [0.2, 0.25) is 0 Å². The summed E-state index contributed by atoms with van der Waals surface area (Å²) in [6, 6.07) is 9.42. The summed E-state index contributed by atoms with van der Waals surface area (Å²) in [6.07, 6.45) is 2.23. The van der Waals surface area contributed by atoms with Crippen LogP contribution in [0.3, 0.4) is 0 Å². The summed E-state index contributed by atoms with van der Waals surface area (Å²) >= 11 is 0. The van der Waals surface area contributed by atoms with Gasteiger partial charge in [0.1, 0.15) is 24.0 Å². The lowest BCUT2D eigenvalue weighted by Gasteiger charge is -2.09. The molecular weight excluding hydrogens is 266 g/mol. The standard InChI is InChI=1S/C16H19N3O2/c1-11-3-2-4-13(9-11)21-8-7-17-14-10-15(20)19-16(18-14)12-5-6-12/h2-4,9-10,12H,5-8H2,1H3,(H2,17,18,19,20). The van der Waals surface area contributed by atoms with Crippen molar-refractivity contribution in [3.63, 3.8) is 0 Å². The van der Waals surface area contributed by atoms with Crippen LogP contribution >= 0.6 is 0 Å². The number of benzene rings is 1. The molecule has 0 amide bonds. The van der Waals surface area contributed by atoms with Gasteiger partial charge in [0, 0.05) is 12.0 Å². The lowest BCUT2D eigenvalue weighted by molar-refractivity contribution is 0.332. The fraction of sp³-hybridized carbons (Fsp3) is 0.375. The number of H-pyrrole nitrogens is 1. The van der Waals surface area contributed by atoms with Crippen LogP contribution in [-0.2, 0) is 0 Å². The molecule has 0 atom stereocenters. The van der Waals surface area contributed by atoms with Crippen LogP contribution in [0.25, 0.3) is 0 Å². The summed E-state index contributed by atoms with van der Waals surface area (Å²) in [4.78, 5) is 18.8. The molecule has 0 bridgehead atoms. The van der Waals surface area contributed by atoms with E-state index in [9.17, 15) is 4.79 Å². The molecule has 0 saturated heterocycles. The number of nitrogens with zero attached hydrogens (tertiary/aromatic N) is 1. The summed E-state index contributed by atoms with van der Waals surface area (Å²) in [5.74, 6) is 2.70. The van der Waals surface area contributed by atoms with Gasteiger partial charge >= 0.3 is 0 Å². The van der Waals surface area contributed by atoms with E-state index in [4.69, 9.17) is 4.74 Å². The second kappa shape index (κ2) is 5.99. The lowest BCUT2D eigenvalue weighted by Crippen LogP contribution is -2.17. The average Bonchev–Trinajstić information content (AvgIpc) is 3.28. The summed E-state index contributed by atoms with van der Waals surface area (Å²) in [5.41, 5.74) is 1.07. The number of aromatic amines is 1. The van der Waals surface area contributed by atoms with Gasteiger partial charge in [-0.2, -0.15) is 0 Å². The van der Waals surface area contributed by atoms with Crippen molar-refractivity contribution in [2.75, 3.05) is 18.5 Å². The van der Waals surface area contributed by atoms with Crippen LogP contribution in [0.15, 0.2) is 35.1 Å². The van der Waals surface area contributed by atoms with Gasteiger partial charge in [0.05, 0.1) is 6.54 Å². The first-order chi connectivity index (χ1) is 10.2. The molecule has 1 saturated carbocycles. The molecule has 2 N–H and O–H groups in total. The SMILES string of the molecule is Cc1cccc(OCCNc2cc(=O)[nH]c(C3CC3)n2)c1. The minimum absolute atomic E-state index is 0.103. The van der Waals surface area contributed by atoms with E-state index in [1.807, 2.05) is 31.2 Å². The summed E-state index contributed by atoms with van der Waals surface area (Å²) < 4.78 is 5.65. The fourth-order valence-corrected chi connectivity index (χ4v) is 2.17. The summed E-state index contributed by atoms with van der Waals surface area (Å²) in [6.45, 7) is 3.16. The Hall–Kier alpha value is -2.30. The predicted molar refractivity (Wildman–Crippen MR) is 82.0 cm³/mol. The van der Waals surface area contributed by atoms with Gasteiger partial charge < -0.3 is 15.0 Å². The molecule has 1 heterocycles. The molecule has 1 aromatic heterocycles. The number of hydrogen-bond acceptors (Lipinski definition) is 4. The highest BCUT2D eigenvalue weighted by molar-refractivity contribution is 5.34. The molecule has 5 heteroatoms. The van der Waals surface area contributed by atoms with E-state index in [0.29, 0.717) is 24.9 Å². The molecule has 1 aliphatic rings. The van der Waals surface area contributed by atoms with E-state index in [1.165, 1.54) is 11.6 Å². The highest BCUT2D eigenvalue weighted by Crippen LogP contribution is 2.37. The summed E-state index contributed by atoms with van der Waals surface area (Å²) in [5, 5.41) is 3.14. The number of rotatable bonds is 6. The van der Waals surface area contributed by atoms with E-state index < -0.39 is 0 Å². The van der Waals surface area contributed by atoms with E-state index >= 15 is 0 Å². The molecule has 0 spiro atoms. The zero-order chi connectivity index (χ0) is 14.7. The molecule has 0 unspecified atom stereocenters. The highest BCUT2D eigenvalue weighted by atomic mass is 16.5. The Balaban J connectivity index is 1.52. The third-order valence-electron chi connectivity index (χ3n) is 3.39. The Kier molecular flexibility index (Phi) is 3.90. The van der Waals surface area contributed by atoms with Crippen molar-refractivity contribution in [3.8, 4) is 5.75 Å². The van der Waals surface area contributed by atoms with Crippen molar-refractivity contribution in [1.29, 1.82) is 0 Å². The molecule has 1 aliphatic carbocycles. The Morgan fingerprint density at radius 3 is 3.00 bits per heavy atom. The maximum Gasteiger partial charge on any atom is 0.252 e. The molecule has 110 valence electrons. The van der Waals surface area contributed by atoms with Crippen LogP contribution in [-0.4, -0.2) is 23.1 Å². The van der Waals surface area contributed by atoms with Gasteiger partial charge in [-0.25, -0.2) is 4.98 Å². The van der Waals surface area contributed by atoms with Gasteiger partial charge in [-0.1, -0.05) is 12.1 Å². The Labute approximate surface area is 123 Å². The molecule has 2 aromatic rings. The van der Waals surface area contributed by atoms with Crippen molar-refractivity contribution in [2.45, 2.75) is 25.7 Å². The quantitative estimate of drug-likeness (QED) is 0.800.